The standard InChI is InChI=1S/C30H27N3O5S/c34-28(21-6-2-1-3-7-21)29-24(14-17-39-29)32-25(30(35)36)18-20-10-12-22(13-11-20)37-16-15-31-19-27-33-23-8-4-5-9-26(23)38-27/h1-14,17,25,31-32H,15-16,18-19H2,(H,35,36). The Labute approximate surface area is 229 Å². The van der Waals surface area contributed by atoms with Gasteiger partial charge in [-0.3, -0.25) is 4.79 Å². The number of aromatic nitrogens is 1. The number of oxazole rings is 1. The van der Waals surface area contributed by atoms with Crippen LogP contribution in [0.1, 0.15) is 26.7 Å². The Morgan fingerprint density at radius 2 is 1.74 bits per heavy atom. The summed E-state index contributed by atoms with van der Waals surface area (Å²) in [6.45, 7) is 1.56. The number of para-hydroxylation sites is 2. The Kier molecular flexibility index (Phi) is 8.30. The van der Waals surface area contributed by atoms with E-state index in [1.807, 2.05) is 54.6 Å². The van der Waals surface area contributed by atoms with Gasteiger partial charge in [0.1, 0.15) is 23.9 Å². The van der Waals surface area contributed by atoms with E-state index in [1.165, 1.54) is 11.3 Å². The number of rotatable bonds is 13. The van der Waals surface area contributed by atoms with Gasteiger partial charge >= 0.3 is 5.97 Å². The van der Waals surface area contributed by atoms with Crippen molar-refractivity contribution in [2.75, 3.05) is 18.5 Å². The van der Waals surface area contributed by atoms with Crippen LogP contribution >= 0.6 is 11.3 Å². The highest BCUT2D eigenvalue weighted by molar-refractivity contribution is 7.13. The molecule has 5 rings (SSSR count). The van der Waals surface area contributed by atoms with E-state index >= 15 is 0 Å². The summed E-state index contributed by atoms with van der Waals surface area (Å²) in [5.74, 6) is 0.184. The minimum Gasteiger partial charge on any atom is -0.492 e. The lowest BCUT2D eigenvalue weighted by Crippen LogP contribution is -2.31. The van der Waals surface area contributed by atoms with Crippen LogP contribution in [0.2, 0.25) is 0 Å². The maximum atomic E-state index is 12.9. The SMILES string of the molecule is O=C(c1ccccc1)c1sccc1NC(Cc1ccc(OCCNCc2nc3ccccc3o2)cc1)C(=O)O. The molecular formula is C30H27N3O5S. The van der Waals surface area contributed by atoms with Crippen LogP contribution in [0.5, 0.6) is 5.75 Å². The number of hydrogen-bond donors (Lipinski definition) is 3. The largest absolute Gasteiger partial charge is 0.492 e. The van der Waals surface area contributed by atoms with Crippen molar-refractivity contribution in [1.82, 2.24) is 10.3 Å². The molecule has 0 saturated carbocycles. The van der Waals surface area contributed by atoms with Gasteiger partial charge in [-0.1, -0.05) is 54.6 Å². The van der Waals surface area contributed by atoms with Gasteiger partial charge in [0.05, 0.1) is 17.1 Å². The van der Waals surface area contributed by atoms with Gasteiger partial charge in [0.25, 0.3) is 0 Å². The molecule has 1 unspecified atom stereocenters. The first-order valence-corrected chi connectivity index (χ1v) is 13.4. The van der Waals surface area contributed by atoms with Crippen molar-refractivity contribution in [2.45, 2.75) is 19.0 Å². The minimum absolute atomic E-state index is 0.137. The molecule has 0 fully saturated rings. The van der Waals surface area contributed by atoms with E-state index in [9.17, 15) is 14.7 Å². The second-order valence-corrected chi connectivity index (χ2v) is 9.76. The van der Waals surface area contributed by atoms with Crippen LogP contribution in [0, 0.1) is 0 Å². The molecule has 0 aliphatic heterocycles. The third-order valence-electron chi connectivity index (χ3n) is 6.06. The van der Waals surface area contributed by atoms with Crippen molar-refractivity contribution < 1.29 is 23.8 Å². The number of ketones is 1. The van der Waals surface area contributed by atoms with Gasteiger partial charge in [-0.2, -0.15) is 0 Å². The smallest absolute Gasteiger partial charge is 0.326 e. The average molecular weight is 542 g/mol. The van der Waals surface area contributed by atoms with E-state index in [2.05, 4.69) is 15.6 Å². The zero-order valence-corrected chi connectivity index (χ0v) is 21.8. The molecular weight excluding hydrogens is 514 g/mol. The van der Waals surface area contributed by atoms with E-state index in [0.717, 1.165) is 16.7 Å². The predicted octanol–water partition coefficient (Wildman–Crippen LogP) is 5.40. The number of aliphatic carboxylic acids is 1. The number of nitrogens with one attached hydrogen (secondary N) is 2. The molecule has 0 aliphatic carbocycles. The number of nitrogens with zero attached hydrogens (tertiary/aromatic N) is 1. The van der Waals surface area contributed by atoms with Crippen LogP contribution in [0.3, 0.4) is 0 Å². The Balaban J connectivity index is 1.11. The lowest BCUT2D eigenvalue weighted by molar-refractivity contribution is -0.137. The zero-order chi connectivity index (χ0) is 27.0. The molecule has 1 atom stereocenters. The maximum Gasteiger partial charge on any atom is 0.326 e. The molecule has 0 radical (unpaired) electrons. The number of ether oxygens (including phenoxy) is 1. The number of carbonyl (C=O) groups is 2. The quantitative estimate of drug-likeness (QED) is 0.134. The predicted molar refractivity (Wildman–Crippen MR) is 151 cm³/mol. The Morgan fingerprint density at radius 1 is 0.974 bits per heavy atom. The van der Waals surface area contributed by atoms with Gasteiger partial charge in [0, 0.05) is 18.5 Å². The lowest BCUT2D eigenvalue weighted by Gasteiger charge is -2.16. The number of fused-ring (bicyclic) bond motifs is 1. The molecule has 2 aromatic heterocycles. The van der Waals surface area contributed by atoms with Crippen LogP contribution < -0.4 is 15.4 Å². The minimum atomic E-state index is -0.996. The van der Waals surface area contributed by atoms with E-state index in [0.29, 0.717) is 47.5 Å². The normalized spacial score (nSPS) is 11.8. The van der Waals surface area contributed by atoms with Crippen LogP contribution in [0.4, 0.5) is 5.69 Å². The third-order valence-corrected chi connectivity index (χ3v) is 6.97. The number of anilines is 1. The number of carboxylic acids is 1. The van der Waals surface area contributed by atoms with Crippen LogP contribution in [0.25, 0.3) is 11.1 Å². The Morgan fingerprint density at radius 3 is 2.51 bits per heavy atom. The van der Waals surface area contributed by atoms with Gasteiger partial charge in [-0.15, -0.1) is 11.3 Å². The highest BCUT2D eigenvalue weighted by atomic mass is 32.1. The summed E-state index contributed by atoms with van der Waals surface area (Å²) >= 11 is 1.29. The molecule has 0 amide bonds. The zero-order valence-electron chi connectivity index (χ0n) is 21.0. The Hall–Kier alpha value is -4.47. The number of hydrogen-bond acceptors (Lipinski definition) is 8. The van der Waals surface area contributed by atoms with Gasteiger partial charge in [-0.25, -0.2) is 9.78 Å². The summed E-state index contributed by atoms with van der Waals surface area (Å²) in [5, 5.41) is 17.9. The third kappa shape index (κ3) is 6.70. The van der Waals surface area contributed by atoms with Crippen molar-refractivity contribution in [3.05, 3.63) is 112 Å². The van der Waals surface area contributed by atoms with E-state index in [4.69, 9.17) is 9.15 Å². The summed E-state index contributed by atoms with van der Waals surface area (Å²) < 4.78 is 11.5. The van der Waals surface area contributed by atoms with Crippen molar-refractivity contribution in [3.8, 4) is 5.75 Å². The average Bonchev–Trinajstić information content (AvgIpc) is 3.60. The fraction of sp³-hybridized carbons (Fsp3) is 0.167. The molecule has 0 saturated heterocycles. The first-order valence-electron chi connectivity index (χ1n) is 12.5. The monoisotopic (exact) mass is 541 g/mol. The first kappa shape index (κ1) is 26.1. The number of benzene rings is 3. The summed E-state index contributed by atoms with van der Waals surface area (Å²) in [5.41, 5.74) is 3.52. The summed E-state index contributed by atoms with van der Waals surface area (Å²) in [6, 6.07) is 24.8. The summed E-state index contributed by atoms with van der Waals surface area (Å²) in [7, 11) is 0. The fourth-order valence-electron chi connectivity index (χ4n) is 4.10. The van der Waals surface area contributed by atoms with Crippen LogP contribution in [-0.2, 0) is 17.8 Å². The molecule has 0 bridgehead atoms. The second-order valence-electron chi connectivity index (χ2n) is 8.84. The molecule has 2 heterocycles. The Bertz CT molecular complexity index is 1510. The van der Waals surface area contributed by atoms with E-state index in [1.54, 1.807) is 35.7 Å². The lowest BCUT2D eigenvalue weighted by atomic mass is 10.0. The summed E-state index contributed by atoms with van der Waals surface area (Å²) in [6.07, 6.45) is 0.247. The molecule has 198 valence electrons. The molecule has 9 heteroatoms. The van der Waals surface area contributed by atoms with Gasteiger partial charge in [0.2, 0.25) is 11.7 Å². The van der Waals surface area contributed by atoms with Crippen molar-refractivity contribution in [1.29, 1.82) is 0 Å². The number of carboxylic acid groups (broad SMARTS) is 1. The van der Waals surface area contributed by atoms with Gasteiger partial charge in [-0.05, 0) is 41.3 Å². The van der Waals surface area contributed by atoms with Crippen LogP contribution in [0.15, 0.2) is 94.7 Å². The highest BCUT2D eigenvalue weighted by Gasteiger charge is 2.22. The molecule has 3 aromatic carbocycles. The first-order chi connectivity index (χ1) is 19.1. The van der Waals surface area contributed by atoms with Crippen molar-refractivity contribution in [2.24, 2.45) is 0 Å². The molecule has 0 aliphatic rings. The molecule has 8 nitrogen and oxygen atoms in total. The topological polar surface area (TPSA) is 114 Å². The second kappa shape index (κ2) is 12.4. The van der Waals surface area contributed by atoms with Gasteiger partial charge in [0.15, 0.2) is 5.58 Å². The van der Waals surface area contributed by atoms with Crippen molar-refractivity contribution in [3.63, 3.8) is 0 Å². The van der Waals surface area contributed by atoms with Crippen molar-refractivity contribution >= 4 is 39.9 Å². The molecule has 3 N–H and O–H groups in total. The van der Waals surface area contributed by atoms with E-state index < -0.39 is 12.0 Å². The van der Waals surface area contributed by atoms with Gasteiger partial charge < -0.3 is 24.9 Å². The maximum absolute atomic E-state index is 12.9. The molecule has 39 heavy (non-hydrogen) atoms. The number of thiophene rings is 1. The van der Waals surface area contributed by atoms with E-state index in [-0.39, 0.29) is 12.2 Å². The van der Waals surface area contributed by atoms with Crippen LogP contribution in [-0.4, -0.2) is 41.0 Å². The summed E-state index contributed by atoms with van der Waals surface area (Å²) in [4.78, 5) is 29.8. The fourth-order valence-corrected chi connectivity index (χ4v) is 4.92. The number of carbonyl (C=O) groups excluding carboxylic acids is 1. The molecule has 0 spiro atoms. The highest BCUT2D eigenvalue weighted by Crippen LogP contribution is 2.27. The molecule has 5 aromatic rings.